The first-order chi connectivity index (χ1) is 14.3. The van der Waals surface area contributed by atoms with Crippen LogP contribution in [0.5, 0.6) is 0 Å². The van der Waals surface area contributed by atoms with Crippen molar-refractivity contribution in [2.24, 2.45) is 0 Å². The lowest BCUT2D eigenvalue weighted by Crippen LogP contribution is -2.43. The summed E-state index contributed by atoms with van der Waals surface area (Å²) < 4.78 is 7.44. The lowest BCUT2D eigenvalue weighted by Gasteiger charge is -2.29. The van der Waals surface area contributed by atoms with Gasteiger partial charge in [-0.1, -0.05) is 54.6 Å². The number of oxazole rings is 1. The Kier molecular flexibility index (Phi) is 4.66. The highest BCUT2D eigenvalue weighted by Gasteiger charge is 2.18. The lowest BCUT2D eigenvalue weighted by atomic mass is 10.0. The molecule has 5 rings (SSSR count). The third kappa shape index (κ3) is 3.45. The highest BCUT2D eigenvalue weighted by molar-refractivity contribution is 5.87. The summed E-state index contributed by atoms with van der Waals surface area (Å²) in [5.41, 5.74) is 5.90. The maximum Gasteiger partial charge on any atom is 0.420 e. The minimum atomic E-state index is -0.312. The Labute approximate surface area is 169 Å². The van der Waals surface area contributed by atoms with E-state index >= 15 is 0 Å². The van der Waals surface area contributed by atoms with E-state index in [1.165, 1.54) is 5.56 Å². The van der Waals surface area contributed by atoms with Gasteiger partial charge in [0.15, 0.2) is 5.58 Å². The first kappa shape index (κ1) is 17.8. The number of fused-ring (bicyclic) bond motifs is 1. The second kappa shape index (κ2) is 7.60. The lowest BCUT2D eigenvalue weighted by molar-refractivity contribution is 0.515. The van der Waals surface area contributed by atoms with E-state index in [0.717, 1.165) is 48.5 Å². The summed E-state index contributed by atoms with van der Waals surface area (Å²) in [6.07, 6.45) is 0. The molecule has 0 atom stereocenters. The van der Waals surface area contributed by atoms with E-state index in [0.29, 0.717) is 12.1 Å². The Bertz CT molecular complexity index is 1190. The fourth-order valence-electron chi connectivity index (χ4n) is 4.04. The molecule has 5 heteroatoms. The molecule has 1 saturated heterocycles. The molecule has 0 amide bonds. The Balaban J connectivity index is 1.52. The zero-order valence-electron chi connectivity index (χ0n) is 16.2. The zero-order chi connectivity index (χ0) is 19.6. The number of nitrogens with zero attached hydrogens (tertiary/aromatic N) is 2. The molecule has 0 bridgehead atoms. The topological polar surface area (TPSA) is 50.4 Å². The van der Waals surface area contributed by atoms with Crippen LogP contribution in [0.2, 0.25) is 0 Å². The van der Waals surface area contributed by atoms with Crippen molar-refractivity contribution in [1.29, 1.82) is 0 Å². The van der Waals surface area contributed by atoms with Gasteiger partial charge >= 0.3 is 5.76 Å². The molecule has 0 saturated carbocycles. The highest BCUT2D eigenvalue weighted by atomic mass is 16.4. The Hall–Kier alpha value is -3.31. The molecule has 0 aliphatic carbocycles. The summed E-state index contributed by atoms with van der Waals surface area (Å²) in [5.74, 6) is -0.312. The van der Waals surface area contributed by atoms with Crippen molar-refractivity contribution in [2.75, 3.05) is 31.1 Å². The number of nitrogens with one attached hydrogen (secondary N) is 1. The molecule has 2 heterocycles. The van der Waals surface area contributed by atoms with Gasteiger partial charge in [0.1, 0.15) is 0 Å². The molecule has 146 valence electrons. The second-order valence-corrected chi connectivity index (χ2v) is 7.38. The Morgan fingerprint density at radius 1 is 0.862 bits per heavy atom. The van der Waals surface area contributed by atoms with Crippen LogP contribution >= 0.6 is 0 Å². The number of aromatic nitrogens is 1. The number of benzene rings is 3. The minimum Gasteiger partial charge on any atom is -0.405 e. The van der Waals surface area contributed by atoms with Crippen molar-refractivity contribution in [3.05, 3.63) is 88.9 Å². The fraction of sp³-hybridized carbons (Fsp3) is 0.208. The molecule has 1 aliphatic heterocycles. The smallest absolute Gasteiger partial charge is 0.405 e. The maximum atomic E-state index is 12.7. The summed E-state index contributed by atoms with van der Waals surface area (Å²) in [6.45, 7) is 4.18. The molecule has 29 heavy (non-hydrogen) atoms. The van der Waals surface area contributed by atoms with E-state index in [-0.39, 0.29) is 5.76 Å². The van der Waals surface area contributed by atoms with E-state index in [4.69, 9.17) is 4.42 Å². The van der Waals surface area contributed by atoms with Crippen LogP contribution in [0.1, 0.15) is 5.56 Å². The van der Waals surface area contributed by atoms with Crippen molar-refractivity contribution in [2.45, 2.75) is 6.54 Å². The second-order valence-electron chi connectivity index (χ2n) is 7.38. The average molecular weight is 385 g/mol. The number of hydrogen-bond acceptors (Lipinski definition) is 4. The van der Waals surface area contributed by atoms with E-state index < -0.39 is 0 Å². The first-order valence-electron chi connectivity index (χ1n) is 10.0. The van der Waals surface area contributed by atoms with Crippen LogP contribution in [0.25, 0.3) is 22.2 Å². The summed E-state index contributed by atoms with van der Waals surface area (Å²) in [6, 6.07) is 24.6. The van der Waals surface area contributed by atoms with Crippen molar-refractivity contribution < 1.29 is 4.42 Å². The Morgan fingerprint density at radius 2 is 1.62 bits per heavy atom. The van der Waals surface area contributed by atoms with E-state index in [9.17, 15) is 4.79 Å². The SMILES string of the molecule is O=c1oc2c(N3CCNCC3)cccc2n1Cc1cccc(-c2ccccc2)c1. The highest BCUT2D eigenvalue weighted by Crippen LogP contribution is 2.27. The van der Waals surface area contributed by atoms with Gasteiger partial charge in [-0.15, -0.1) is 0 Å². The van der Waals surface area contributed by atoms with E-state index in [1.54, 1.807) is 4.57 Å². The number of anilines is 1. The van der Waals surface area contributed by atoms with Gasteiger partial charge in [0, 0.05) is 26.2 Å². The third-order valence-electron chi connectivity index (χ3n) is 5.51. The fourth-order valence-corrected chi connectivity index (χ4v) is 4.04. The van der Waals surface area contributed by atoms with Crippen molar-refractivity contribution >= 4 is 16.8 Å². The van der Waals surface area contributed by atoms with Crippen LogP contribution in [0, 0.1) is 0 Å². The maximum absolute atomic E-state index is 12.7. The average Bonchev–Trinajstić information content (AvgIpc) is 3.10. The van der Waals surface area contributed by atoms with Crippen LogP contribution in [0.15, 0.2) is 82.0 Å². The molecular weight excluding hydrogens is 362 g/mol. The molecule has 5 nitrogen and oxygen atoms in total. The molecule has 1 aliphatic rings. The van der Waals surface area contributed by atoms with Crippen molar-refractivity contribution in [3.8, 4) is 11.1 Å². The summed E-state index contributed by atoms with van der Waals surface area (Å²) in [4.78, 5) is 15.0. The third-order valence-corrected chi connectivity index (χ3v) is 5.51. The van der Waals surface area contributed by atoms with Gasteiger partial charge in [-0.25, -0.2) is 4.79 Å². The van der Waals surface area contributed by atoms with Crippen molar-refractivity contribution in [1.82, 2.24) is 9.88 Å². The van der Waals surface area contributed by atoms with Gasteiger partial charge in [0.2, 0.25) is 0 Å². The number of hydrogen-bond donors (Lipinski definition) is 1. The normalized spacial score (nSPS) is 14.4. The van der Waals surface area contributed by atoms with Gasteiger partial charge in [0.25, 0.3) is 0 Å². The van der Waals surface area contributed by atoms with Crippen LogP contribution in [0.3, 0.4) is 0 Å². The molecule has 4 aromatic rings. The van der Waals surface area contributed by atoms with Gasteiger partial charge in [-0.05, 0) is 34.9 Å². The molecule has 0 unspecified atom stereocenters. The molecule has 1 aromatic heterocycles. The number of rotatable bonds is 4. The molecule has 3 aromatic carbocycles. The standard InChI is InChI=1S/C24H23N3O2/c28-24-27(17-18-6-4-9-20(16-18)19-7-2-1-3-8-19)22-11-5-10-21(23(22)29-24)26-14-12-25-13-15-26/h1-11,16,25H,12-15,17H2. The first-order valence-corrected chi connectivity index (χ1v) is 10.0. The quantitative estimate of drug-likeness (QED) is 0.582. The van der Waals surface area contributed by atoms with Crippen LogP contribution in [-0.2, 0) is 6.54 Å². The van der Waals surface area contributed by atoms with E-state index in [2.05, 4.69) is 40.5 Å². The molecule has 1 fully saturated rings. The van der Waals surface area contributed by atoms with Gasteiger partial charge in [0.05, 0.1) is 17.7 Å². The minimum absolute atomic E-state index is 0.312. The summed E-state index contributed by atoms with van der Waals surface area (Å²) in [5, 5.41) is 3.36. The number of piperazine rings is 1. The molecule has 1 N–H and O–H groups in total. The van der Waals surface area contributed by atoms with Gasteiger partial charge < -0.3 is 14.6 Å². The van der Waals surface area contributed by atoms with Crippen LogP contribution < -0.4 is 16.0 Å². The molecule has 0 radical (unpaired) electrons. The number of para-hydroxylation sites is 1. The predicted molar refractivity (Wildman–Crippen MR) is 117 cm³/mol. The van der Waals surface area contributed by atoms with Gasteiger partial charge in [-0.3, -0.25) is 4.57 Å². The monoisotopic (exact) mass is 385 g/mol. The predicted octanol–water partition coefficient (Wildman–Crippen LogP) is 3.72. The summed E-state index contributed by atoms with van der Waals surface area (Å²) >= 11 is 0. The van der Waals surface area contributed by atoms with Crippen LogP contribution in [0.4, 0.5) is 5.69 Å². The molecule has 0 spiro atoms. The summed E-state index contributed by atoms with van der Waals surface area (Å²) in [7, 11) is 0. The van der Waals surface area contributed by atoms with Crippen LogP contribution in [-0.4, -0.2) is 30.7 Å². The van der Waals surface area contributed by atoms with Gasteiger partial charge in [-0.2, -0.15) is 0 Å². The van der Waals surface area contributed by atoms with Crippen molar-refractivity contribution in [3.63, 3.8) is 0 Å². The van der Waals surface area contributed by atoms with E-state index in [1.807, 2.05) is 42.5 Å². The zero-order valence-corrected chi connectivity index (χ0v) is 16.2. The molecular formula is C24H23N3O2. The Morgan fingerprint density at radius 3 is 2.45 bits per heavy atom. The largest absolute Gasteiger partial charge is 0.420 e.